The molecule has 0 spiro atoms. The van der Waals surface area contributed by atoms with Crippen molar-refractivity contribution >= 4 is 0 Å². The minimum absolute atomic E-state index is 0.174. The number of nitrogens with two attached hydrogens (primary N) is 1. The van der Waals surface area contributed by atoms with E-state index in [-0.39, 0.29) is 6.04 Å². The maximum atomic E-state index is 5.74. The van der Waals surface area contributed by atoms with E-state index < -0.39 is 0 Å². The minimum atomic E-state index is 0.174. The second-order valence-corrected chi connectivity index (χ2v) is 5.27. The fraction of sp³-hybridized carbons (Fsp3) is 0.625. The van der Waals surface area contributed by atoms with Crippen molar-refractivity contribution in [1.82, 2.24) is 5.43 Å². The van der Waals surface area contributed by atoms with Gasteiger partial charge in [0.25, 0.3) is 0 Å². The Balaban J connectivity index is 2.85. The number of ether oxygens (including phenoxy) is 1. The Morgan fingerprint density at radius 1 is 1.21 bits per heavy atom. The van der Waals surface area contributed by atoms with Crippen LogP contribution in [0.3, 0.4) is 0 Å². The first-order chi connectivity index (χ1) is 9.13. The second kappa shape index (κ2) is 8.18. The molecule has 108 valence electrons. The highest BCUT2D eigenvalue weighted by atomic mass is 16.5. The van der Waals surface area contributed by atoms with Gasteiger partial charge in [-0.25, -0.2) is 0 Å². The quantitative estimate of drug-likeness (QED) is 0.426. The molecule has 1 atom stereocenters. The molecule has 0 bridgehead atoms. The zero-order valence-corrected chi connectivity index (χ0v) is 12.8. The van der Waals surface area contributed by atoms with E-state index in [1.54, 1.807) is 7.11 Å². The fourth-order valence-corrected chi connectivity index (χ4v) is 2.64. The Morgan fingerprint density at radius 2 is 1.95 bits per heavy atom. The Hall–Kier alpha value is -1.06. The smallest absolute Gasteiger partial charge is 0.124 e. The maximum Gasteiger partial charge on any atom is 0.124 e. The molecule has 3 heteroatoms. The molecular weight excluding hydrogens is 236 g/mol. The topological polar surface area (TPSA) is 47.3 Å². The number of hydrogen-bond acceptors (Lipinski definition) is 3. The lowest BCUT2D eigenvalue weighted by molar-refractivity contribution is 0.391. The van der Waals surface area contributed by atoms with E-state index in [0.29, 0.717) is 0 Å². The van der Waals surface area contributed by atoms with Gasteiger partial charge in [0.1, 0.15) is 5.75 Å². The maximum absolute atomic E-state index is 5.74. The van der Waals surface area contributed by atoms with Crippen molar-refractivity contribution in [3.05, 3.63) is 28.8 Å². The first-order valence-corrected chi connectivity index (χ1v) is 7.25. The zero-order chi connectivity index (χ0) is 14.3. The van der Waals surface area contributed by atoms with Crippen molar-refractivity contribution in [2.75, 3.05) is 7.11 Å². The Kier molecular flexibility index (Phi) is 6.89. The number of aryl methyl sites for hydroxylation is 2. The van der Waals surface area contributed by atoms with Crippen LogP contribution >= 0.6 is 0 Å². The molecule has 1 aromatic rings. The molecule has 0 aliphatic carbocycles. The molecule has 3 nitrogen and oxygen atoms in total. The summed E-state index contributed by atoms with van der Waals surface area (Å²) in [5.41, 5.74) is 6.62. The van der Waals surface area contributed by atoms with Gasteiger partial charge in [0.15, 0.2) is 0 Å². The van der Waals surface area contributed by atoms with E-state index in [1.807, 2.05) is 0 Å². The number of rotatable bonds is 8. The third-order valence-corrected chi connectivity index (χ3v) is 3.61. The van der Waals surface area contributed by atoms with Crippen LogP contribution in [0.1, 0.15) is 61.8 Å². The van der Waals surface area contributed by atoms with Crippen molar-refractivity contribution in [3.63, 3.8) is 0 Å². The highest BCUT2D eigenvalue weighted by molar-refractivity contribution is 5.45. The first-order valence-electron chi connectivity index (χ1n) is 7.25. The molecule has 1 rings (SSSR count). The van der Waals surface area contributed by atoms with Crippen LogP contribution in [-0.4, -0.2) is 7.11 Å². The van der Waals surface area contributed by atoms with E-state index in [4.69, 9.17) is 10.6 Å². The minimum Gasteiger partial charge on any atom is -0.496 e. The van der Waals surface area contributed by atoms with Crippen molar-refractivity contribution < 1.29 is 4.74 Å². The van der Waals surface area contributed by atoms with Crippen LogP contribution < -0.4 is 16.0 Å². The summed E-state index contributed by atoms with van der Waals surface area (Å²) in [6.07, 6.45) is 6.06. The van der Waals surface area contributed by atoms with Crippen molar-refractivity contribution in [2.45, 2.75) is 58.9 Å². The van der Waals surface area contributed by atoms with Crippen LogP contribution in [0.25, 0.3) is 0 Å². The molecule has 0 aromatic heterocycles. The van der Waals surface area contributed by atoms with Gasteiger partial charge in [0, 0.05) is 11.6 Å². The van der Waals surface area contributed by atoms with Gasteiger partial charge in [0.2, 0.25) is 0 Å². The lowest BCUT2D eigenvalue weighted by atomic mass is 9.94. The highest BCUT2D eigenvalue weighted by Gasteiger charge is 2.17. The van der Waals surface area contributed by atoms with Crippen molar-refractivity contribution in [1.29, 1.82) is 0 Å². The highest BCUT2D eigenvalue weighted by Crippen LogP contribution is 2.32. The van der Waals surface area contributed by atoms with Crippen LogP contribution in [-0.2, 0) is 0 Å². The molecule has 3 N–H and O–H groups in total. The molecule has 19 heavy (non-hydrogen) atoms. The van der Waals surface area contributed by atoms with E-state index in [2.05, 4.69) is 38.3 Å². The van der Waals surface area contributed by atoms with Gasteiger partial charge < -0.3 is 4.74 Å². The standard InChI is InChI=1S/C16H28N2O/c1-5-6-7-8-9-14(18-17)16-13(3)10-12(2)11-15(16)19-4/h10-11,14,18H,5-9,17H2,1-4H3. The summed E-state index contributed by atoms with van der Waals surface area (Å²) in [5.74, 6) is 6.69. The Bertz CT molecular complexity index is 391. The van der Waals surface area contributed by atoms with Crippen molar-refractivity contribution in [3.8, 4) is 5.75 Å². The van der Waals surface area contributed by atoms with Crippen LogP contribution in [0.5, 0.6) is 5.75 Å². The second-order valence-electron chi connectivity index (χ2n) is 5.27. The molecule has 0 saturated heterocycles. The van der Waals surface area contributed by atoms with Gasteiger partial charge in [-0.15, -0.1) is 0 Å². The van der Waals surface area contributed by atoms with Crippen LogP contribution in [0, 0.1) is 13.8 Å². The number of nitrogens with one attached hydrogen (secondary N) is 1. The Labute approximate surface area is 117 Å². The van der Waals surface area contributed by atoms with E-state index in [1.165, 1.54) is 42.4 Å². The first kappa shape index (κ1) is 16.0. The third-order valence-electron chi connectivity index (χ3n) is 3.61. The average molecular weight is 264 g/mol. The van der Waals surface area contributed by atoms with Gasteiger partial charge in [0.05, 0.1) is 7.11 Å². The largest absolute Gasteiger partial charge is 0.496 e. The summed E-state index contributed by atoms with van der Waals surface area (Å²) >= 11 is 0. The lowest BCUT2D eigenvalue weighted by Gasteiger charge is -2.22. The number of benzene rings is 1. The molecule has 0 saturated carbocycles. The fourth-order valence-electron chi connectivity index (χ4n) is 2.64. The van der Waals surface area contributed by atoms with Gasteiger partial charge in [-0.3, -0.25) is 11.3 Å². The summed E-state index contributed by atoms with van der Waals surface area (Å²) in [6.45, 7) is 6.44. The molecule has 0 aliphatic rings. The predicted molar refractivity (Wildman–Crippen MR) is 81.3 cm³/mol. The summed E-state index contributed by atoms with van der Waals surface area (Å²) < 4.78 is 5.52. The van der Waals surface area contributed by atoms with E-state index >= 15 is 0 Å². The summed E-state index contributed by atoms with van der Waals surface area (Å²) in [6, 6.07) is 4.44. The summed E-state index contributed by atoms with van der Waals surface area (Å²) in [4.78, 5) is 0. The van der Waals surface area contributed by atoms with Crippen LogP contribution in [0.4, 0.5) is 0 Å². The van der Waals surface area contributed by atoms with Gasteiger partial charge >= 0.3 is 0 Å². The van der Waals surface area contributed by atoms with Crippen LogP contribution in [0.2, 0.25) is 0 Å². The molecule has 0 amide bonds. The monoisotopic (exact) mass is 264 g/mol. The normalized spacial score (nSPS) is 12.5. The molecule has 0 heterocycles. The zero-order valence-electron chi connectivity index (χ0n) is 12.8. The lowest BCUT2D eigenvalue weighted by Crippen LogP contribution is -2.29. The predicted octanol–water partition coefficient (Wildman–Crippen LogP) is 3.79. The molecule has 1 unspecified atom stereocenters. The van der Waals surface area contributed by atoms with Gasteiger partial charge in [-0.2, -0.15) is 0 Å². The molecule has 0 fully saturated rings. The molecule has 1 aromatic carbocycles. The Morgan fingerprint density at radius 3 is 2.53 bits per heavy atom. The molecule has 0 radical (unpaired) electrons. The third kappa shape index (κ3) is 4.51. The van der Waals surface area contributed by atoms with Crippen molar-refractivity contribution in [2.24, 2.45) is 5.84 Å². The number of hydrogen-bond donors (Lipinski definition) is 2. The number of methoxy groups -OCH3 is 1. The van der Waals surface area contributed by atoms with Gasteiger partial charge in [-0.1, -0.05) is 38.7 Å². The van der Waals surface area contributed by atoms with Crippen LogP contribution in [0.15, 0.2) is 12.1 Å². The summed E-state index contributed by atoms with van der Waals surface area (Å²) in [7, 11) is 1.72. The molecular formula is C16H28N2O. The average Bonchev–Trinajstić information content (AvgIpc) is 2.39. The van der Waals surface area contributed by atoms with Gasteiger partial charge in [-0.05, 0) is 37.5 Å². The van der Waals surface area contributed by atoms with E-state index in [9.17, 15) is 0 Å². The number of hydrazine groups is 1. The number of unbranched alkanes of at least 4 members (excludes halogenated alkanes) is 3. The SMILES string of the molecule is CCCCCCC(NN)c1c(C)cc(C)cc1OC. The molecule has 0 aliphatic heterocycles. The summed E-state index contributed by atoms with van der Waals surface area (Å²) in [5, 5.41) is 0. The van der Waals surface area contributed by atoms with E-state index in [0.717, 1.165) is 12.2 Å².